The van der Waals surface area contributed by atoms with E-state index in [0.717, 1.165) is 6.42 Å². The molecule has 0 aliphatic rings. The third-order valence-corrected chi connectivity index (χ3v) is 2.93. The highest BCUT2D eigenvalue weighted by molar-refractivity contribution is 5.95. The van der Waals surface area contributed by atoms with Crippen LogP contribution in [0.25, 0.3) is 0 Å². The van der Waals surface area contributed by atoms with E-state index in [0.29, 0.717) is 29.6 Å². The molecule has 0 saturated heterocycles. The van der Waals surface area contributed by atoms with Crippen LogP contribution >= 0.6 is 0 Å². The molecule has 120 valence electrons. The molecule has 4 nitrogen and oxygen atoms in total. The molecule has 0 saturated carbocycles. The summed E-state index contributed by atoms with van der Waals surface area (Å²) in [4.78, 5) is 12.2. The van der Waals surface area contributed by atoms with Crippen LogP contribution in [0.3, 0.4) is 0 Å². The SMILES string of the molecule is C.CCOc1cc(C(=O)N[C@H](C)CC(C)C)ccc1OC. The van der Waals surface area contributed by atoms with Crippen molar-refractivity contribution < 1.29 is 14.3 Å². The first-order valence-corrected chi connectivity index (χ1v) is 7.09. The number of carbonyl (C=O) groups is 1. The molecule has 0 heterocycles. The first-order valence-electron chi connectivity index (χ1n) is 7.09. The van der Waals surface area contributed by atoms with Gasteiger partial charge in [-0.15, -0.1) is 0 Å². The van der Waals surface area contributed by atoms with Crippen molar-refractivity contribution >= 4 is 5.91 Å². The molecule has 1 aromatic rings. The van der Waals surface area contributed by atoms with Gasteiger partial charge in [0.2, 0.25) is 0 Å². The second-order valence-electron chi connectivity index (χ2n) is 5.30. The lowest BCUT2D eigenvalue weighted by Crippen LogP contribution is -2.33. The van der Waals surface area contributed by atoms with Crippen molar-refractivity contribution in [3.8, 4) is 11.5 Å². The summed E-state index contributed by atoms with van der Waals surface area (Å²) in [5, 5.41) is 3.00. The van der Waals surface area contributed by atoms with Gasteiger partial charge >= 0.3 is 0 Å². The molecular weight excluding hydrogens is 266 g/mol. The minimum absolute atomic E-state index is 0. The van der Waals surface area contributed by atoms with E-state index in [1.54, 1.807) is 25.3 Å². The molecule has 1 amide bonds. The van der Waals surface area contributed by atoms with Gasteiger partial charge in [0.05, 0.1) is 13.7 Å². The van der Waals surface area contributed by atoms with E-state index in [4.69, 9.17) is 9.47 Å². The third kappa shape index (κ3) is 6.06. The molecule has 0 bridgehead atoms. The fourth-order valence-corrected chi connectivity index (χ4v) is 2.16. The summed E-state index contributed by atoms with van der Waals surface area (Å²) < 4.78 is 10.7. The molecule has 0 spiro atoms. The molecule has 1 N–H and O–H groups in total. The van der Waals surface area contributed by atoms with E-state index in [2.05, 4.69) is 19.2 Å². The average Bonchev–Trinajstić information content (AvgIpc) is 2.37. The molecule has 0 fully saturated rings. The molecule has 1 atom stereocenters. The van der Waals surface area contributed by atoms with Crippen LogP contribution in [0.1, 0.15) is 51.9 Å². The van der Waals surface area contributed by atoms with Crippen LogP contribution in [-0.4, -0.2) is 25.7 Å². The Bertz CT molecular complexity index is 444. The molecule has 0 aromatic heterocycles. The standard InChI is InChI=1S/C16H25NO3.CH4/c1-6-20-15-10-13(7-8-14(15)19-5)16(18)17-12(4)9-11(2)3;/h7-8,10-12H,6,9H2,1-5H3,(H,17,18);1H4/t12-;/m1./s1. The fourth-order valence-electron chi connectivity index (χ4n) is 2.16. The highest BCUT2D eigenvalue weighted by Gasteiger charge is 2.14. The van der Waals surface area contributed by atoms with E-state index >= 15 is 0 Å². The number of methoxy groups -OCH3 is 1. The molecule has 1 rings (SSSR count). The first-order chi connectivity index (χ1) is 9.47. The Hall–Kier alpha value is -1.71. The Morgan fingerprint density at radius 3 is 2.43 bits per heavy atom. The van der Waals surface area contributed by atoms with Gasteiger partial charge in [-0.3, -0.25) is 4.79 Å². The summed E-state index contributed by atoms with van der Waals surface area (Å²) in [6, 6.07) is 5.38. The number of carbonyl (C=O) groups excluding carboxylic acids is 1. The number of hydrogen-bond acceptors (Lipinski definition) is 3. The van der Waals surface area contributed by atoms with Crippen LogP contribution in [0.2, 0.25) is 0 Å². The van der Waals surface area contributed by atoms with Crippen molar-refractivity contribution in [2.75, 3.05) is 13.7 Å². The van der Waals surface area contributed by atoms with E-state index in [9.17, 15) is 4.79 Å². The lowest BCUT2D eigenvalue weighted by Gasteiger charge is -2.16. The molecule has 0 aliphatic carbocycles. The highest BCUT2D eigenvalue weighted by atomic mass is 16.5. The van der Waals surface area contributed by atoms with Crippen molar-refractivity contribution in [2.45, 2.75) is 47.6 Å². The Balaban J connectivity index is 0.00000400. The molecule has 21 heavy (non-hydrogen) atoms. The summed E-state index contributed by atoms with van der Waals surface area (Å²) in [6.07, 6.45) is 0.959. The molecule has 4 heteroatoms. The van der Waals surface area contributed by atoms with Crippen LogP contribution in [-0.2, 0) is 0 Å². The number of amides is 1. The number of hydrogen-bond donors (Lipinski definition) is 1. The second-order valence-corrected chi connectivity index (χ2v) is 5.30. The topological polar surface area (TPSA) is 47.6 Å². The maximum Gasteiger partial charge on any atom is 0.251 e. The number of benzene rings is 1. The monoisotopic (exact) mass is 295 g/mol. The largest absolute Gasteiger partial charge is 0.493 e. The van der Waals surface area contributed by atoms with Crippen LogP contribution < -0.4 is 14.8 Å². The van der Waals surface area contributed by atoms with Gasteiger partial charge in [-0.05, 0) is 44.4 Å². The Labute approximate surface area is 128 Å². The first kappa shape index (κ1) is 19.3. The predicted octanol–water partition coefficient (Wildman–Crippen LogP) is 3.89. The van der Waals surface area contributed by atoms with Crippen molar-refractivity contribution in [1.82, 2.24) is 5.32 Å². The number of rotatable bonds is 7. The van der Waals surface area contributed by atoms with Gasteiger partial charge in [-0.2, -0.15) is 0 Å². The van der Waals surface area contributed by atoms with E-state index in [1.807, 2.05) is 13.8 Å². The van der Waals surface area contributed by atoms with Crippen LogP contribution in [0, 0.1) is 5.92 Å². The average molecular weight is 295 g/mol. The van der Waals surface area contributed by atoms with Gasteiger partial charge in [0.25, 0.3) is 5.91 Å². The minimum Gasteiger partial charge on any atom is -0.493 e. The molecular formula is C17H29NO3. The van der Waals surface area contributed by atoms with E-state index in [1.165, 1.54) is 0 Å². The van der Waals surface area contributed by atoms with E-state index < -0.39 is 0 Å². The Morgan fingerprint density at radius 2 is 1.90 bits per heavy atom. The maximum atomic E-state index is 12.2. The lowest BCUT2D eigenvalue weighted by molar-refractivity contribution is 0.0935. The quantitative estimate of drug-likeness (QED) is 0.830. The minimum atomic E-state index is -0.0817. The zero-order chi connectivity index (χ0) is 15.1. The van der Waals surface area contributed by atoms with Gasteiger partial charge in [0.15, 0.2) is 11.5 Å². The van der Waals surface area contributed by atoms with Crippen LogP contribution in [0.15, 0.2) is 18.2 Å². The number of ether oxygens (including phenoxy) is 2. The van der Waals surface area contributed by atoms with Crippen molar-refractivity contribution in [2.24, 2.45) is 5.92 Å². The second kappa shape index (κ2) is 9.27. The number of nitrogens with one attached hydrogen (secondary N) is 1. The van der Waals surface area contributed by atoms with Crippen LogP contribution in [0.4, 0.5) is 0 Å². The van der Waals surface area contributed by atoms with Crippen molar-refractivity contribution in [3.63, 3.8) is 0 Å². The molecule has 0 unspecified atom stereocenters. The summed E-state index contributed by atoms with van der Waals surface area (Å²) in [5.41, 5.74) is 0.588. The summed E-state index contributed by atoms with van der Waals surface area (Å²) in [7, 11) is 1.59. The zero-order valence-corrected chi connectivity index (χ0v) is 13.0. The van der Waals surface area contributed by atoms with Gasteiger partial charge in [-0.25, -0.2) is 0 Å². The van der Waals surface area contributed by atoms with Gasteiger partial charge < -0.3 is 14.8 Å². The zero-order valence-electron chi connectivity index (χ0n) is 13.0. The fraction of sp³-hybridized carbons (Fsp3) is 0.588. The lowest BCUT2D eigenvalue weighted by atomic mass is 10.0. The van der Waals surface area contributed by atoms with Gasteiger partial charge in [0.1, 0.15) is 0 Å². The normalized spacial score (nSPS) is 11.5. The summed E-state index contributed by atoms with van der Waals surface area (Å²) in [6.45, 7) is 8.74. The summed E-state index contributed by atoms with van der Waals surface area (Å²) >= 11 is 0. The molecule has 0 radical (unpaired) electrons. The maximum absolute atomic E-state index is 12.2. The molecule has 0 aliphatic heterocycles. The third-order valence-electron chi connectivity index (χ3n) is 2.93. The van der Waals surface area contributed by atoms with E-state index in [-0.39, 0.29) is 19.4 Å². The summed E-state index contributed by atoms with van der Waals surface area (Å²) in [5.74, 6) is 1.71. The van der Waals surface area contributed by atoms with Crippen molar-refractivity contribution in [1.29, 1.82) is 0 Å². The highest BCUT2D eigenvalue weighted by Crippen LogP contribution is 2.28. The smallest absolute Gasteiger partial charge is 0.251 e. The van der Waals surface area contributed by atoms with Crippen LogP contribution in [0.5, 0.6) is 11.5 Å². The van der Waals surface area contributed by atoms with Crippen molar-refractivity contribution in [3.05, 3.63) is 23.8 Å². The molecule has 1 aromatic carbocycles. The predicted molar refractivity (Wildman–Crippen MR) is 87.3 cm³/mol. The Morgan fingerprint density at radius 1 is 1.24 bits per heavy atom. The Kier molecular flexibility index (Phi) is 8.51. The van der Waals surface area contributed by atoms with Gasteiger partial charge in [0, 0.05) is 11.6 Å². The van der Waals surface area contributed by atoms with Gasteiger partial charge in [-0.1, -0.05) is 21.3 Å².